The molecule has 1 aromatic carbocycles. The number of benzene rings is 1. The normalized spacial score (nSPS) is 12.2. The van der Waals surface area contributed by atoms with Gasteiger partial charge in [0.1, 0.15) is 6.04 Å². The fourth-order valence-corrected chi connectivity index (χ4v) is 1.20. The molecule has 1 aromatic rings. The first kappa shape index (κ1) is 12.6. The van der Waals surface area contributed by atoms with Gasteiger partial charge in [-0.15, -0.1) is 0 Å². The Morgan fingerprint density at radius 2 is 1.88 bits per heavy atom. The van der Waals surface area contributed by atoms with Gasteiger partial charge < -0.3 is 21.9 Å². The van der Waals surface area contributed by atoms with E-state index in [-0.39, 0.29) is 12.5 Å². The number of aliphatic hydroxyl groups excluding tert-OH is 1. The van der Waals surface area contributed by atoms with E-state index in [4.69, 9.17) is 16.6 Å². The zero-order chi connectivity index (χ0) is 12.0. The highest BCUT2D eigenvalue weighted by molar-refractivity contribution is 5.81. The number of nitrogens with one attached hydrogen (secondary N) is 1. The first-order valence-electron chi connectivity index (χ1n) is 5.09. The molecule has 0 bridgehead atoms. The summed E-state index contributed by atoms with van der Waals surface area (Å²) in [6.45, 7) is 0.553. The quantitative estimate of drug-likeness (QED) is 0.518. The standard InChI is InChI=1S/C11H17N3O2/c12-5-8-1-3-9(4-2-8)6-14-11(16)10(13)7-15/h1-4,10,15H,5-7,12-13H2,(H,14,16)/t10-/m1/s1. The van der Waals surface area contributed by atoms with Crippen molar-refractivity contribution in [2.24, 2.45) is 11.5 Å². The maximum atomic E-state index is 11.3. The van der Waals surface area contributed by atoms with Crippen molar-refractivity contribution in [3.63, 3.8) is 0 Å². The number of hydrogen-bond acceptors (Lipinski definition) is 4. The summed E-state index contributed by atoms with van der Waals surface area (Å²) >= 11 is 0. The second-order valence-electron chi connectivity index (χ2n) is 3.53. The Balaban J connectivity index is 2.45. The summed E-state index contributed by atoms with van der Waals surface area (Å²) in [7, 11) is 0. The monoisotopic (exact) mass is 223 g/mol. The van der Waals surface area contributed by atoms with Gasteiger partial charge in [-0.05, 0) is 11.1 Å². The number of aliphatic hydroxyl groups is 1. The lowest BCUT2D eigenvalue weighted by molar-refractivity contribution is -0.123. The highest BCUT2D eigenvalue weighted by Crippen LogP contribution is 2.03. The fourth-order valence-electron chi connectivity index (χ4n) is 1.20. The van der Waals surface area contributed by atoms with Crippen molar-refractivity contribution in [2.75, 3.05) is 6.61 Å². The maximum absolute atomic E-state index is 11.3. The van der Waals surface area contributed by atoms with Crippen LogP contribution in [0.2, 0.25) is 0 Å². The average Bonchev–Trinajstić information content (AvgIpc) is 2.35. The predicted octanol–water partition coefficient (Wildman–Crippen LogP) is -0.919. The van der Waals surface area contributed by atoms with Gasteiger partial charge in [0.05, 0.1) is 6.61 Å². The second-order valence-corrected chi connectivity index (χ2v) is 3.53. The van der Waals surface area contributed by atoms with E-state index in [2.05, 4.69) is 5.32 Å². The third-order valence-corrected chi connectivity index (χ3v) is 2.26. The zero-order valence-corrected chi connectivity index (χ0v) is 9.02. The molecule has 88 valence electrons. The van der Waals surface area contributed by atoms with Gasteiger partial charge in [-0.3, -0.25) is 4.79 Å². The molecule has 0 heterocycles. The molecule has 0 saturated heterocycles. The lowest BCUT2D eigenvalue weighted by Crippen LogP contribution is -2.42. The number of carbonyl (C=O) groups excluding carboxylic acids is 1. The summed E-state index contributed by atoms with van der Waals surface area (Å²) in [5.41, 5.74) is 12.8. The van der Waals surface area contributed by atoms with E-state index in [0.29, 0.717) is 13.1 Å². The third-order valence-electron chi connectivity index (χ3n) is 2.26. The largest absolute Gasteiger partial charge is 0.394 e. The Bertz CT molecular complexity index is 338. The van der Waals surface area contributed by atoms with Crippen LogP contribution < -0.4 is 16.8 Å². The molecule has 0 unspecified atom stereocenters. The lowest BCUT2D eigenvalue weighted by atomic mass is 10.1. The minimum absolute atomic E-state index is 0.349. The van der Waals surface area contributed by atoms with Crippen molar-refractivity contribution in [1.82, 2.24) is 5.32 Å². The summed E-state index contributed by atoms with van der Waals surface area (Å²) in [6.07, 6.45) is 0. The van der Waals surface area contributed by atoms with E-state index in [1.54, 1.807) is 0 Å². The third kappa shape index (κ3) is 3.62. The van der Waals surface area contributed by atoms with Crippen LogP contribution in [0.15, 0.2) is 24.3 Å². The Kier molecular flexibility index (Phi) is 4.91. The van der Waals surface area contributed by atoms with E-state index in [1.165, 1.54) is 0 Å². The Hall–Kier alpha value is -1.43. The van der Waals surface area contributed by atoms with Gasteiger partial charge in [-0.25, -0.2) is 0 Å². The van der Waals surface area contributed by atoms with Crippen molar-refractivity contribution in [2.45, 2.75) is 19.1 Å². The van der Waals surface area contributed by atoms with E-state index in [1.807, 2.05) is 24.3 Å². The van der Waals surface area contributed by atoms with Crippen LogP contribution in [-0.2, 0) is 17.9 Å². The van der Waals surface area contributed by atoms with Gasteiger partial charge >= 0.3 is 0 Å². The van der Waals surface area contributed by atoms with Crippen LogP contribution >= 0.6 is 0 Å². The first-order chi connectivity index (χ1) is 7.67. The van der Waals surface area contributed by atoms with Crippen molar-refractivity contribution in [3.8, 4) is 0 Å². The molecular weight excluding hydrogens is 206 g/mol. The van der Waals surface area contributed by atoms with E-state index in [0.717, 1.165) is 11.1 Å². The molecule has 0 fully saturated rings. The summed E-state index contributed by atoms with van der Waals surface area (Å²) in [4.78, 5) is 11.3. The Morgan fingerprint density at radius 1 is 1.31 bits per heavy atom. The van der Waals surface area contributed by atoms with Gasteiger partial charge in [0, 0.05) is 13.1 Å². The van der Waals surface area contributed by atoms with E-state index < -0.39 is 6.04 Å². The van der Waals surface area contributed by atoms with E-state index in [9.17, 15) is 4.79 Å². The molecule has 0 aromatic heterocycles. The number of amides is 1. The number of nitrogens with two attached hydrogens (primary N) is 2. The van der Waals surface area contributed by atoms with Gasteiger partial charge in [0.25, 0.3) is 0 Å². The van der Waals surface area contributed by atoms with Crippen molar-refractivity contribution < 1.29 is 9.90 Å². The number of hydrogen-bond donors (Lipinski definition) is 4. The van der Waals surface area contributed by atoms with Gasteiger partial charge in [-0.2, -0.15) is 0 Å². The molecule has 1 atom stereocenters. The van der Waals surface area contributed by atoms with Gasteiger partial charge in [0.15, 0.2) is 0 Å². The highest BCUT2D eigenvalue weighted by Gasteiger charge is 2.10. The van der Waals surface area contributed by atoms with Crippen LogP contribution in [0.25, 0.3) is 0 Å². The Labute approximate surface area is 94.4 Å². The van der Waals surface area contributed by atoms with Crippen molar-refractivity contribution >= 4 is 5.91 Å². The average molecular weight is 223 g/mol. The van der Waals surface area contributed by atoms with Crippen molar-refractivity contribution in [3.05, 3.63) is 35.4 Å². The molecule has 16 heavy (non-hydrogen) atoms. The van der Waals surface area contributed by atoms with Crippen LogP contribution in [0.1, 0.15) is 11.1 Å². The molecule has 1 rings (SSSR count). The molecule has 0 spiro atoms. The number of carbonyl (C=O) groups is 1. The fraction of sp³-hybridized carbons (Fsp3) is 0.364. The SMILES string of the molecule is NCc1ccc(CNC(=O)[C@H](N)CO)cc1. The maximum Gasteiger partial charge on any atom is 0.239 e. The second kappa shape index (κ2) is 6.22. The van der Waals surface area contributed by atoms with Crippen molar-refractivity contribution in [1.29, 1.82) is 0 Å². The molecule has 0 saturated carbocycles. The highest BCUT2D eigenvalue weighted by atomic mass is 16.3. The van der Waals surface area contributed by atoms with E-state index >= 15 is 0 Å². The molecular formula is C11H17N3O2. The summed E-state index contributed by atoms with van der Waals surface area (Å²) in [5.74, 6) is -0.356. The van der Waals surface area contributed by atoms with Gasteiger partial charge in [-0.1, -0.05) is 24.3 Å². The topological polar surface area (TPSA) is 101 Å². The van der Waals surface area contributed by atoms with Crippen LogP contribution in [0.3, 0.4) is 0 Å². The zero-order valence-electron chi connectivity index (χ0n) is 9.02. The Morgan fingerprint density at radius 3 is 2.38 bits per heavy atom. The van der Waals surface area contributed by atoms with Crippen LogP contribution in [0.5, 0.6) is 0 Å². The molecule has 5 heteroatoms. The smallest absolute Gasteiger partial charge is 0.239 e. The summed E-state index contributed by atoms with van der Waals surface area (Å²) < 4.78 is 0. The molecule has 0 aliphatic heterocycles. The minimum Gasteiger partial charge on any atom is -0.394 e. The minimum atomic E-state index is -0.858. The molecule has 1 amide bonds. The first-order valence-corrected chi connectivity index (χ1v) is 5.09. The van der Waals surface area contributed by atoms with Crippen LogP contribution in [0.4, 0.5) is 0 Å². The molecule has 0 aliphatic carbocycles. The molecule has 6 N–H and O–H groups in total. The summed E-state index contributed by atoms with van der Waals surface area (Å²) in [6, 6.07) is 6.75. The summed E-state index contributed by atoms with van der Waals surface area (Å²) in [5, 5.41) is 11.3. The molecule has 0 radical (unpaired) electrons. The van der Waals surface area contributed by atoms with Crippen LogP contribution in [0, 0.1) is 0 Å². The molecule has 5 nitrogen and oxygen atoms in total. The van der Waals surface area contributed by atoms with Crippen LogP contribution in [-0.4, -0.2) is 23.7 Å². The van der Waals surface area contributed by atoms with Gasteiger partial charge in [0.2, 0.25) is 5.91 Å². The predicted molar refractivity (Wildman–Crippen MR) is 61.2 cm³/mol. The lowest BCUT2D eigenvalue weighted by Gasteiger charge is -2.09. The molecule has 0 aliphatic rings. The number of rotatable bonds is 5.